The molecule has 0 aliphatic carbocycles. The van der Waals surface area contributed by atoms with Gasteiger partial charge in [-0.2, -0.15) is 0 Å². The van der Waals surface area contributed by atoms with E-state index in [-0.39, 0.29) is 5.75 Å². The number of aromatic nitrogens is 3. The maximum absolute atomic E-state index is 10.7. The standard InChI is InChI=1S/C13H11N3O3S/c17-11(18)8-20-13-15-10-2-1-4-14-12(10)16(13)6-9-3-5-19-7-9/h1-5,7H,6,8H2,(H,17,18). The van der Waals surface area contributed by atoms with Crippen molar-refractivity contribution < 1.29 is 14.3 Å². The molecule has 7 heteroatoms. The van der Waals surface area contributed by atoms with Crippen LogP contribution in [0.3, 0.4) is 0 Å². The normalized spacial score (nSPS) is 11.0. The molecule has 1 N–H and O–H groups in total. The molecule has 3 rings (SSSR count). The van der Waals surface area contributed by atoms with Gasteiger partial charge in [0, 0.05) is 11.8 Å². The molecule has 0 bridgehead atoms. The van der Waals surface area contributed by atoms with Crippen LogP contribution in [-0.2, 0) is 11.3 Å². The van der Waals surface area contributed by atoms with Crippen LogP contribution >= 0.6 is 11.8 Å². The van der Waals surface area contributed by atoms with Crippen LogP contribution in [0.15, 0.2) is 46.5 Å². The second kappa shape index (κ2) is 5.38. The number of thioether (sulfide) groups is 1. The second-order valence-electron chi connectivity index (χ2n) is 4.14. The number of aliphatic carboxylic acids is 1. The van der Waals surface area contributed by atoms with E-state index in [0.29, 0.717) is 11.7 Å². The van der Waals surface area contributed by atoms with Gasteiger partial charge in [-0.25, -0.2) is 9.97 Å². The lowest BCUT2D eigenvalue weighted by atomic mass is 10.3. The van der Waals surface area contributed by atoms with Crippen LogP contribution in [0.1, 0.15) is 5.56 Å². The molecule has 0 atom stereocenters. The molecule has 0 unspecified atom stereocenters. The van der Waals surface area contributed by atoms with Gasteiger partial charge in [-0.3, -0.25) is 9.36 Å². The number of carbonyl (C=O) groups is 1. The Kier molecular flexibility index (Phi) is 3.42. The fourth-order valence-electron chi connectivity index (χ4n) is 1.88. The van der Waals surface area contributed by atoms with E-state index in [2.05, 4.69) is 9.97 Å². The lowest BCUT2D eigenvalue weighted by molar-refractivity contribution is -0.133. The summed E-state index contributed by atoms with van der Waals surface area (Å²) >= 11 is 1.18. The summed E-state index contributed by atoms with van der Waals surface area (Å²) in [6.45, 7) is 0.548. The number of carboxylic acids is 1. The van der Waals surface area contributed by atoms with Gasteiger partial charge >= 0.3 is 5.97 Å². The molecule has 3 aromatic heterocycles. The molecule has 0 aromatic carbocycles. The highest BCUT2D eigenvalue weighted by molar-refractivity contribution is 7.99. The molecule has 0 radical (unpaired) electrons. The molecule has 6 nitrogen and oxygen atoms in total. The number of nitrogens with zero attached hydrogens (tertiary/aromatic N) is 3. The Morgan fingerprint density at radius 3 is 3.10 bits per heavy atom. The van der Waals surface area contributed by atoms with E-state index in [1.165, 1.54) is 11.8 Å². The Hall–Kier alpha value is -2.28. The summed E-state index contributed by atoms with van der Waals surface area (Å²) in [6.07, 6.45) is 4.95. The molecule has 0 spiro atoms. The Morgan fingerprint density at radius 1 is 1.45 bits per heavy atom. The van der Waals surface area contributed by atoms with Crippen LogP contribution < -0.4 is 0 Å². The van der Waals surface area contributed by atoms with Crippen LogP contribution in [0, 0.1) is 0 Å². The van der Waals surface area contributed by atoms with Crippen molar-refractivity contribution in [3.8, 4) is 0 Å². The first-order valence-electron chi connectivity index (χ1n) is 5.91. The third-order valence-electron chi connectivity index (χ3n) is 2.71. The van der Waals surface area contributed by atoms with Crippen molar-refractivity contribution >= 4 is 28.9 Å². The molecule has 102 valence electrons. The average molecular weight is 289 g/mol. The molecule has 20 heavy (non-hydrogen) atoms. The zero-order valence-electron chi connectivity index (χ0n) is 10.4. The van der Waals surface area contributed by atoms with Gasteiger partial charge < -0.3 is 9.52 Å². The van der Waals surface area contributed by atoms with Crippen LogP contribution in [0.5, 0.6) is 0 Å². The molecule has 0 aliphatic rings. The SMILES string of the molecule is O=C(O)CSc1nc2cccnc2n1Cc1ccoc1. The molecule has 0 amide bonds. The van der Waals surface area contributed by atoms with E-state index in [4.69, 9.17) is 9.52 Å². The molecular formula is C13H11N3O3S. The van der Waals surface area contributed by atoms with Crippen molar-refractivity contribution in [1.29, 1.82) is 0 Å². The molecular weight excluding hydrogens is 278 g/mol. The van der Waals surface area contributed by atoms with E-state index >= 15 is 0 Å². The molecule has 0 aliphatic heterocycles. The topological polar surface area (TPSA) is 81.1 Å². The molecule has 0 saturated carbocycles. The summed E-state index contributed by atoms with van der Waals surface area (Å²) in [6, 6.07) is 5.53. The highest BCUT2D eigenvalue weighted by atomic mass is 32.2. The van der Waals surface area contributed by atoms with Gasteiger partial charge in [0.2, 0.25) is 0 Å². The van der Waals surface area contributed by atoms with Crippen molar-refractivity contribution in [3.05, 3.63) is 42.5 Å². The highest BCUT2D eigenvalue weighted by Crippen LogP contribution is 2.23. The van der Waals surface area contributed by atoms with Crippen molar-refractivity contribution in [3.63, 3.8) is 0 Å². The van der Waals surface area contributed by atoms with E-state index in [0.717, 1.165) is 16.7 Å². The lowest BCUT2D eigenvalue weighted by Gasteiger charge is -2.05. The second-order valence-corrected chi connectivity index (χ2v) is 5.08. The number of rotatable bonds is 5. The Morgan fingerprint density at radius 2 is 2.35 bits per heavy atom. The highest BCUT2D eigenvalue weighted by Gasteiger charge is 2.14. The van der Waals surface area contributed by atoms with Gasteiger partial charge in [0.15, 0.2) is 10.8 Å². The molecule has 3 heterocycles. The monoisotopic (exact) mass is 289 g/mol. The smallest absolute Gasteiger partial charge is 0.313 e. The maximum atomic E-state index is 10.7. The van der Waals surface area contributed by atoms with Gasteiger partial charge in [-0.1, -0.05) is 11.8 Å². The van der Waals surface area contributed by atoms with Crippen LogP contribution in [0.4, 0.5) is 0 Å². The quantitative estimate of drug-likeness (QED) is 0.725. The lowest BCUT2D eigenvalue weighted by Crippen LogP contribution is -2.04. The summed E-state index contributed by atoms with van der Waals surface area (Å²) in [5.41, 5.74) is 2.47. The molecule has 0 saturated heterocycles. The Balaban J connectivity index is 2.01. The number of furan rings is 1. The van der Waals surface area contributed by atoms with E-state index < -0.39 is 5.97 Å². The number of carboxylic acid groups (broad SMARTS) is 1. The van der Waals surface area contributed by atoms with E-state index in [1.54, 1.807) is 18.7 Å². The average Bonchev–Trinajstić information content (AvgIpc) is 3.05. The zero-order chi connectivity index (χ0) is 13.9. The van der Waals surface area contributed by atoms with Crippen LogP contribution in [-0.4, -0.2) is 31.4 Å². The molecule has 0 fully saturated rings. The largest absolute Gasteiger partial charge is 0.481 e. The minimum absolute atomic E-state index is 0.0330. The number of imidazole rings is 1. The fourth-order valence-corrected chi connectivity index (χ4v) is 2.60. The molecule has 3 aromatic rings. The van der Waals surface area contributed by atoms with Crippen LogP contribution in [0.2, 0.25) is 0 Å². The predicted molar refractivity (Wildman–Crippen MR) is 73.7 cm³/mol. The third-order valence-corrected chi connectivity index (χ3v) is 3.68. The first-order valence-corrected chi connectivity index (χ1v) is 6.89. The number of hydrogen-bond donors (Lipinski definition) is 1. The Labute approximate surface area is 118 Å². The summed E-state index contributed by atoms with van der Waals surface area (Å²) in [7, 11) is 0. The van der Waals surface area contributed by atoms with Crippen molar-refractivity contribution in [2.45, 2.75) is 11.7 Å². The van der Waals surface area contributed by atoms with Crippen molar-refractivity contribution in [2.75, 3.05) is 5.75 Å². The first-order chi connectivity index (χ1) is 9.74. The van der Waals surface area contributed by atoms with E-state index in [1.807, 2.05) is 22.8 Å². The minimum atomic E-state index is -0.870. The predicted octanol–water partition coefficient (Wildman–Crippen LogP) is 2.25. The fraction of sp³-hybridized carbons (Fsp3) is 0.154. The number of hydrogen-bond acceptors (Lipinski definition) is 5. The minimum Gasteiger partial charge on any atom is -0.481 e. The number of pyridine rings is 1. The van der Waals surface area contributed by atoms with E-state index in [9.17, 15) is 4.79 Å². The zero-order valence-corrected chi connectivity index (χ0v) is 11.2. The summed E-state index contributed by atoms with van der Waals surface area (Å²) in [5.74, 6) is -0.904. The summed E-state index contributed by atoms with van der Waals surface area (Å²) in [5, 5.41) is 9.45. The van der Waals surface area contributed by atoms with Gasteiger partial charge in [0.1, 0.15) is 5.52 Å². The summed E-state index contributed by atoms with van der Waals surface area (Å²) in [4.78, 5) is 19.5. The maximum Gasteiger partial charge on any atom is 0.313 e. The van der Waals surface area contributed by atoms with Gasteiger partial charge in [-0.05, 0) is 18.2 Å². The summed E-state index contributed by atoms with van der Waals surface area (Å²) < 4.78 is 6.95. The van der Waals surface area contributed by atoms with Crippen LogP contribution in [0.25, 0.3) is 11.2 Å². The van der Waals surface area contributed by atoms with Gasteiger partial charge in [0.05, 0.1) is 24.8 Å². The van der Waals surface area contributed by atoms with Gasteiger partial charge in [-0.15, -0.1) is 0 Å². The van der Waals surface area contributed by atoms with Gasteiger partial charge in [0.25, 0.3) is 0 Å². The number of fused-ring (bicyclic) bond motifs is 1. The first kappa shape index (κ1) is 12.7. The van der Waals surface area contributed by atoms with Crippen molar-refractivity contribution in [2.24, 2.45) is 0 Å². The van der Waals surface area contributed by atoms with Crippen molar-refractivity contribution in [1.82, 2.24) is 14.5 Å². The Bertz CT molecular complexity index is 736. The third kappa shape index (κ3) is 2.53.